The molecule has 0 saturated carbocycles. The van der Waals surface area contributed by atoms with Crippen molar-refractivity contribution in [3.05, 3.63) is 72.4 Å². The zero-order valence-corrected chi connectivity index (χ0v) is 32.7. The maximum Gasteiger partial charge on any atom is 0.410 e. The van der Waals surface area contributed by atoms with Crippen molar-refractivity contribution in [1.82, 2.24) is 35.1 Å². The third-order valence-electron chi connectivity index (χ3n) is 10.9. The maximum atomic E-state index is 14.0. The van der Waals surface area contributed by atoms with E-state index in [1.54, 1.807) is 16.0 Å². The van der Waals surface area contributed by atoms with Gasteiger partial charge in [-0.3, -0.25) is 9.69 Å². The van der Waals surface area contributed by atoms with Crippen LogP contribution in [0.25, 0.3) is 44.2 Å². The molecule has 3 aliphatic heterocycles. The normalized spacial score (nSPS) is 20.1. The van der Waals surface area contributed by atoms with Crippen LogP contribution < -0.4 is 5.32 Å². The van der Waals surface area contributed by atoms with E-state index >= 15 is 0 Å². The number of aromatic nitrogens is 4. The summed E-state index contributed by atoms with van der Waals surface area (Å²) in [5.74, 6) is 0.0296. The minimum atomic E-state index is -0.925. The van der Waals surface area contributed by atoms with E-state index in [1.165, 1.54) is 7.11 Å². The first-order valence-electron chi connectivity index (χ1n) is 19.3. The predicted octanol–water partition coefficient (Wildman–Crippen LogP) is 7.24. The summed E-state index contributed by atoms with van der Waals surface area (Å²) in [5, 5.41) is 4.83. The molecule has 14 nitrogen and oxygen atoms in total. The van der Waals surface area contributed by atoms with Crippen LogP contribution in [-0.4, -0.2) is 98.7 Å². The van der Waals surface area contributed by atoms with Crippen LogP contribution in [0.1, 0.15) is 77.6 Å². The lowest BCUT2D eigenvalue weighted by Crippen LogP contribution is -2.52. The fourth-order valence-corrected chi connectivity index (χ4v) is 8.15. The third kappa shape index (κ3) is 7.18. The van der Waals surface area contributed by atoms with Crippen molar-refractivity contribution < 1.29 is 33.3 Å². The average Bonchev–Trinajstić information content (AvgIpc) is 4.03. The number of benzene rings is 3. The second kappa shape index (κ2) is 14.6. The highest BCUT2D eigenvalue weighted by Gasteiger charge is 2.52. The van der Waals surface area contributed by atoms with E-state index in [0.717, 1.165) is 62.9 Å². The van der Waals surface area contributed by atoms with Crippen LogP contribution in [0, 0.1) is 5.92 Å². The first-order valence-corrected chi connectivity index (χ1v) is 19.3. The number of methoxy groups -OCH3 is 1. The number of carbonyl (C=O) groups is 3. The molecule has 2 aromatic heterocycles. The van der Waals surface area contributed by atoms with Crippen LogP contribution >= 0.6 is 0 Å². The van der Waals surface area contributed by atoms with Gasteiger partial charge >= 0.3 is 12.2 Å². The van der Waals surface area contributed by atoms with E-state index in [1.807, 2.05) is 40.7 Å². The lowest BCUT2D eigenvalue weighted by molar-refractivity contribution is -0.153. The van der Waals surface area contributed by atoms with Crippen molar-refractivity contribution in [3.63, 3.8) is 0 Å². The number of nitrogens with zero attached hydrogens (tertiary/aromatic N) is 4. The van der Waals surface area contributed by atoms with Gasteiger partial charge in [0.1, 0.15) is 23.3 Å². The quantitative estimate of drug-likeness (QED) is 0.155. The van der Waals surface area contributed by atoms with Crippen LogP contribution in [0.3, 0.4) is 0 Å². The summed E-state index contributed by atoms with van der Waals surface area (Å²) in [7, 11) is 1.28. The van der Waals surface area contributed by atoms with Gasteiger partial charge in [0.25, 0.3) is 0 Å². The monoisotopic (exact) mass is 763 g/mol. The maximum absolute atomic E-state index is 14.0. The second-order valence-corrected chi connectivity index (χ2v) is 16.3. The number of carbonyl (C=O) groups excluding carboxylic acids is 3. The Morgan fingerprint density at radius 2 is 1.66 bits per heavy atom. The number of amides is 3. The van der Waals surface area contributed by atoms with Crippen molar-refractivity contribution in [2.75, 3.05) is 33.4 Å². The highest BCUT2D eigenvalue weighted by molar-refractivity contribution is 6.05. The predicted molar refractivity (Wildman–Crippen MR) is 209 cm³/mol. The molecule has 3 atom stereocenters. The van der Waals surface area contributed by atoms with Gasteiger partial charge in [0.05, 0.1) is 61.9 Å². The zero-order valence-electron chi connectivity index (χ0n) is 32.7. The largest absolute Gasteiger partial charge is 0.453 e. The molecule has 56 heavy (non-hydrogen) atoms. The van der Waals surface area contributed by atoms with E-state index in [4.69, 9.17) is 28.9 Å². The molecule has 5 heterocycles. The van der Waals surface area contributed by atoms with Gasteiger partial charge in [0, 0.05) is 18.4 Å². The molecule has 3 aromatic carbocycles. The lowest BCUT2D eigenvalue weighted by Gasteiger charge is -2.30. The van der Waals surface area contributed by atoms with Crippen LogP contribution in [0.4, 0.5) is 9.59 Å². The van der Waals surface area contributed by atoms with Crippen LogP contribution in [0.5, 0.6) is 0 Å². The molecule has 0 bridgehead atoms. The van der Waals surface area contributed by atoms with Crippen molar-refractivity contribution in [1.29, 1.82) is 0 Å². The summed E-state index contributed by atoms with van der Waals surface area (Å²) >= 11 is 0. The first-order chi connectivity index (χ1) is 26.8. The summed E-state index contributed by atoms with van der Waals surface area (Å²) < 4.78 is 22.5. The van der Waals surface area contributed by atoms with Crippen molar-refractivity contribution >= 4 is 39.9 Å². The van der Waals surface area contributed by atoms with Gasteiger partial charge in [-0.1, -0.05) is 56.3 Å². The number of hydrogen-bond acceptors (Lipinski definition) is 9. The third-order valence-corrected chi connectivity index (χ3v) is 10.9. The number of likely N-dealkylation sites (tertiary alicyclic amines) is 2. The first kappa shape index (κ1) is 37.5. The standard InChI is InChI=1S/C42H49N7O7/c1-24(2)34(47-39(51)53-6)38(50)49-23-42(54-18-19-55-42)21-33(49)36-43-22-31(45-36)26-11-9-25(10-12-26)27-13-15-29-28(20-27)14-16-30-35(29)46-37(44-30)32-8-7-17-48(32)40(52)56-41(3,4)5/h9-16,20,22,24,32-34H,7-8,17-19,21,23H2,1-6H3,(H,43,45)(H,44,46)(H,47,51)/t32-,33-,34-/m0/s1. The molecule has 1 spiro atoms. The molecular formula is C42H49N7O7. The van der Waals surface area contributed by atoms with Gasteiger partial charge in [-0.05, 0) is 73.7 Å². The van der Waals surface area contributed by atoms with Gasteiger partial charge < -0.3 is 39.1 Å². The van der Waals surface area contributed by atoms with Crippen LogP contribution in [0.15, 0.2) is 60.8 Å². The molecule has 14 heteroatoms. The average molecular weight is 764 g/mol. The molecular weight excluding hydrogens is 715 g/mol. The van der Waals surface area contributed by atoms with Gasteiger partial charge in [-0.2, -0.15) is 0 Å². The topological polar surface area (TPSA) is 164 Å². The van der Waals surface area contributed by atoms with Crippen molar-refractivity contribution in [2.45, 2.75) is 83.4 Å². The Morgan fingerprint density at radius 1 is 0.929 bits per heavy atom. The molecule has 294 valence electrons. The minimum absolute atomic E-state index is 0.157. The Morgan fingerprint density at radius 3 is 2.38 bits per heavy atom. The van der Waals surface area contributed by atoms with Gasteiger partial charge in [-0.25, -0.2) is 19.6 Å². The number of ether oxygens (including phenoxy) is 4. The lowest BCUT2D eigenvalue weighted by atomic mass is 9.99. The number of imidazole rings is 2. The Kier molecular flexibility index (Phi) is 9.73. The molecule has 5 aromatic rings. The van der Waals surface area contributed by atoms with E-state index in [-0.39, 0.29) is 30.5 Å². The number of nitrogens with one attached hydrogen (secondary N) is 3. The zero-order chi connectivity index (χ0) is 39.4. The van der Waals surface area contributed by atoms with Gasteiger partial charge in [0.2, 0.25) is 5.91 Å². The Balaban J connectivity index is 1.01. The molecule has 3 fully saturated rings. The molecule has 0 aliphatic carbocycles. The summed E-state index contributed by atoms with van der Waals surface area (Å²) in [6.07, 6.45) is 2.94. The summed E-state index contributed by atoms with van der Waals surface area (Å²) in [6.45, 7) is 11.2. The number of hydrogen-bond donors (Lipinski definition) is 3. The molecule has 3 N–H and O–H groups in total. The number of H-pyrrole nitrogens is 2. The van der Waals surface area contributed by atoms with Crippen LogP contribution in [0.2, 0.25) is 0 Å². The molecule has 3 amide bonds. The Hall–Kier alpha value is -5.47. The van der Waals surface area contributed by atoms with Gasteiger partial charge in [-0.15, -0.1) is 0 Å². The van der Waals surface area contributed by atoms with E-state index in [0.29, 0.717) is 32.0 Å². The Labute approximate surface area is 325 Å². The minimum Gasteiger partial charge on any atom is -0.453 e. The summed E-state index contributed by atoms with van der Waals surface area (Å²) in [6, 6.07) is 17.4. The van der Waals surface area contributed by atoms with E-state index in [9.17, 15) is 14.4 Å². The molecule has 3 aliphatic rings. The molecule has 8 rings (SSSR count). The SMILES string of the molecule is COC(=O)N[C@H](C(=O)N1CC2(C[C@H]1c1ncc(-c3ccc(-c4ccc5c(ccc6nc([C@@H]7CCCN7C(=O)OC(C)(C)C)[nH]c65)c4)cc3)[nH]1)OCCO2)C(C)C. The summed E-state index contributed by atoms with van der Waals surface area (Å²) in [5.41, 5.74) is 5.13. The highest BCUT2D eigenvalue weighted by Crippen LogP contribution is 2.43. The number of alkyl carbamates (subject to hydrolysis) is 1. The highest BCUT2D eigenvalue weighted by atomic mass is 16.7. The molecule has 3 saturated heterocycles. The fraction of sp³-hybridized carbons (Fsp3) is 0.452. The number of fused-ring (bicyclic) bond motifs is 3. The molecule has 0 unspecified atom stereocenters. The summed E-state index contributed by atoms with van der Waals surface area (Å²) in [4.78, 5) is 59.2. The fourth-order valence-electron chi connectivity index (χ4n) is 8.15. The van der Waals surface area contributed by atoms with Crippen LogP contribution in [-0.2, 0) is 23.7 Å². The van der Waals surface area contributed by atoms with Gasteiger partial charge in [0.15, 0.2) is 5.79 Å². The van der Waals surface area contributed by atoms with Crippen molar-refractivity contribution in [2.24, 2.45) is 5.92 Å². The smallest absolute Gasteiger partial charge is 0.410 e. The van der Waals surface area contributed by atoms with Crippen molar-refractivity contribution in [3.8, 4) is 22.4 Å². The van der Waals surface area contributed by atoms with E-state index < -0.39 is 29.6 Å². The molecule has 0 radical (unpaired) electrons. The number of aromatic amines is 2. The second-order valence-electron chi connectivity index (χ2n) is 16.3. The number of rotatable bonds is 7. The Bertz CT molecular complexity index is 2270. The van der Waals surface area contributed by atoms with E-state index in [2.05, 4.69) is 63.8 Å².